The van der Waals surface area contributed by atoms with Crippen molar-refractivity contribution in [2.45, 2.75) is 96.4 Å². The van der Waals surface area contributed by atoms with Gasteiger partial charge in [-0.2, -0.15) is 0 Å². The van der Waals surface area contributed by atoms with Crippen LogP contribution in [0.25, 0.3) is 0 Å². The number of methoxy groups -OCH3 is 1. The predicted molar refractivity (Wildman–Crippen MR) is 117 cm³/mol. The summed E-state index contributed by atoms with van der Waals surface area (Å²) in [4.78, 5) is 0. The number of ether oxygens (including phenoxy) is 1. The molecule has 2 saturated heterocycles. The molecule has 1 aromatic rings. The van der Waals surface area contributed by atoms with Crippen molar-refractivity contribution in [2.75, 3.05) is 7.11 Å². The van der Waals surface area contributed by atoms with Gasteiger partial charge in [-0.05, 0) is 79.0 Å². The summed E-state index contributed by atoms with van der Waals surface area (Å²) >= 11 is 0. The maximum atomic E-state index is 6.46. The van der Waals surface area contributed by atoms with Gasteiger partial charge in [0.25, 0.3) is 0 Å². The molecule has 0 aromatic heterocycles. The van der Waals surface area contributed by atoms with Gasteiger partial charge in [-0.25, -0.2) is 0 Å². The molecule has 5 nitrogen and oxygen atoms in total. The Labute approximate surface area is 177 Å². The van der Waals surface area contributed by atoms with Gasteiger partial charge >= 0.3 is 14.2 Å². The van der Waals surface area contributed by atoms with E-state index in [9.17, 15) is 0 Å². The van der Waals surface area contributed by atoms with Crippen LogP contribution in [-0.2, 0) is 18.6 Å². The highest BCUT2D eigenvalue weighted by atomic mass is 16.7. The van der Waals surface area contributed by atoms with Crippen LogP contribution < -0.4 is 4.74 Å². The molecule has 0 spiro atoms. The van der Waals surface area contributed by atoms with Gasteiger partial charge in [0.1, 0.15) is 5.75 Å². The predicted octanol–water partition coefficient (Wildman–Crippen LogP) is 4.89. The van der Waals surface area contributed by atoms with E-state index in [1.54, 1.807) is 7.11 Å². The van der Waals surface area contributed by atoms with Gasteiger partial charge in [0.15, 0.2) is 0 Å². The van der Waals surface area contributed by atoms with Crippen LogP contribution in [0, 0.1) is 0 Å². The quantitative estimate of drug-likeness (QED) is 0.657. The second kappa shape index (κ2) is 7.30. The van der Waals surface area contributed by atoms with Crippen molar-refractivity contribution in [1.29, 1.82) is 0 Å². The molecule has 0 saturated carbocycles. The lowest BCUT2D eigenvalue weighted by Crippen LogP contribution is -2.41. The maximum absolute atomic E-state index is 6.46. The molecular formula is C22H36B2O5. The zero-order chi connectivity index (χ0) is 21.8. The minimum atomic E-state index is -0.438. The molecular weight excluding hydrogens is 366 g/mol. The van der Waals surface area contributed by atoms with Crippen molar-refractivity contribution >= 4 is 14.2 Å². The zero-order valence-electron chi connectivity index (χ0n) is 19.7. The summed E-state index contributed by atoms with van der Waals surface area (Å²) in [7, 11) is 0.800. The Morgan fingerprint density at radius 1 is 0.690 bits per heavy atom. The molecule has 2 heterocycles. The molecule has 1 atom stereocenters. The van der Waals surface area contributed by atoms with E-state index in [1.807, 2.05) is 12.1 Å². The molecule has 1 unspecified atom stereocenters. The van der Waals surface area contributed by atoms with Gasteiger partial charge in [-0.3, -0.25) is 0 Å². The van der Waals surface area contributed by atoms with Crippen molar-refractivity contribution in [3.05, 3.63) is 29.8 Å². The third-order valence-electron chi connectivity index (χ3n) is 7.39. The smallest absolute Gasteiger partial charge is 0.459 e. The highest BCUT2D eigenvalue weighted by Crippen LogP contribution is 2.49. The van der Waals surface area contributed by atoms with Gasteiger partial charge in [0.05, 0.1) is 29.5 Å². The molecule has 160 valence electrons. The summed E-state index contributed by atoms with van der Waals surface area (Å²) in [6.07, 6.45) is 0. The second-order valence-corrected chi connectivity index (χ2v) is 10.4. The molecule has 7 heteroatoms. The molecule has 0 aliphatic carbocycles. The number of hydrogen-bond donors (Lipinski definition) is 0. The first-order chi connectivity index (χ1) is 13.2. The summed E-state index contributed by atoms with van der Waals surface area (Å²) in [6.45, 7) is 18.8. The van der Waals surface area contributed by atoms with Gasteiger partial charge in [0, 0.05) is 5.72 Å². The third-order valence-corrected chi connectivity index (χ3v) is 7.39. The summed E-state index contributed by atoms with van der Waals surface area (Å²) in [5.41, 5.74) is -0.637. The van der Waals surface area contributed by atoms with Crippen LogP contribution in [0.4, 0.5) is 0 Å². The normalized spacial score (nSPS) is 25.5. The third kappa shape index (κ3) is 3.99. The first-order valence-corrected chi connectivity index (χ1v) is 10.6. The molecule has 0 bridgehead atoms. The van der Waals surface area contributed by atoms with Crippen LogP contribution in [0.5, 0.6) is 5.75 Å². The second-order valence-electron chi connectivity index (χ2n) is 10.4. The molecule has 3 rings (SSSR count). The van der Waals surface area contributed by atoms with Crippen LogP contribution >= 0.6 is 0 Å². The van der Waals surface area contributed by atoms with E-state index in [4.69, 9.17) is 23.4 Å². The zero-order valence-corrected chi connectivity index (χ0v) is 19.7. The highest BCUT2D eigenvalue weighted by Gasteiger charge is 2.63. The van der Waals surface area contributed by atoms with Crippen LogP contribution in [0.1, 0.15) is 73.8 Å². The van der Waals surface area contributed by atoms with Gasteiger partial charge in [-0.15, -0.1) is 0 Å². The Hall–Kier alpha value is -1.01. The lowest BCUT2D eigenvalue weighted by Gasteiger charge is -2.32. The lowest BCUT2D eigenvalue weighted by atomic mass is 9.46. The number of rotatable bonds is 5. The monoisotopic (exact) mass is 402 g/mol. The van der Waals surface area contributed by atoms with Gasteiger partial charge < -0.3 is 23.4 Å². The Bertz CT molecular complexity index is 661. The fourth-order valence-electron chi connectivity index (χ4n) is 3.82. The lowest BCUT2D eigenvalue weighted by molar-refractivity contribution is 0.00578. The molecule has 1 aromatic carbocycles. The molecule has 2 aliphatic rings. The minimum absolute atomic E-state index is 0.0882. The van der Waals surface area contributed by atoms with Crippen LogP contribution in [0.2, 0.25) is 5.72 Å². The summed E-state index contributed by atoms with van der Waals surface area (Å²) in [5.74, 6) is 0.925. The topological polar surface area (TPSA) is 46.2 Å². The Kier molecular flexibility index (Phi) is 5.70. The van der Waals surface area contributed by atoms with Gasteiger partial charge in [-0.1, -0.05) is 19.1 Å². The average molecular weight is 402 g/mol. The maximum Gasteiger partial charge on any atom is 0.459 e. The Morgan fingerprint density at radius 3 is 1.34 bits per heavy atom. The Balaban J connectivity index is 1.96. The summed E-state index contributed by atoms with van der Waals surface area (Å²) in [5, 5.41) is 0. The Morgan fingerprint density at radius 2 is 1.03 bits per heavy atom. The van der Waals surface area contributed by atoms with Crippen molar-refractivity contribution in [3.8, 4) is 5.75 Å². The molecule has 29 heavy (non-hydrogen) atoms. The van der Waals surface area contributed by atoms with E-state index in [1.165, 1.54) is 5.56 Å². The molecule has 0 amide bonds. The van der Waals surface area contributed by atoms with Crippen molar-refractivity contribution in [2.24, 2.45) is 0 Å². The van der Waals surface area contributed by atoms with Gasteiger partial charge in [0.2, 0.25) is 0 Å². The number of benzene rings is 1. The fraction of sp³-hybridized carbons (Fsp3) is 0.727. The van der Waals surface area contributed by atoms with Crippen molar-refractivity contribution in [1.82, 2.24) is 0 Å². The van der Waals surface area contributed by atoms with E-state index < -0.39 is 36.6 Å². The van der Waals surface area contributed by atoms with E-state index in [2.05, 4.69) is 74.4 Å². The van der Waals surface area contributed by atoms with E-state index >= 15 is 0 Å². The molecule has 2 fully saturated rings. The van der Waals surface area contributed by atoms with E-state index in [0.29, 0.717) is 0 Å². The highest BCUT2D eigenvalue weighted by molar-refractivity contribution is 6.68. The van der Waals surface area contributed by atoms with Crippen molar-refractivity contribution in [3.63, 3.8) is 0 Å². The first-order valence-electron chi connectivity index (χ1n) is 10.6. The SMILES string of the molecule is COc1ccc(C(C)C(B2OC(C)(C)C(C)(C)O2)B2OC(C)(C)C(C)(C)O2)cc1. The number of hydrogen-bond acceptors (Lipinski definition) is 5. The first kappa shape index (κ1) is 22.7. The molecule has 0 radical (unpaired) electrons. The summed E-state index contributed by atoms with van der Waals surface area (Å²) < 4.78 is 31.1. The van der Waals surface area contributed by atoms with Crippen molar-refractivity contribution < 1.29 is 23.4 Å². The molecule has 2 aliphatic heterocycles. The summed E-state index contributed by atoms with van der Waals surface area (Å²) in [6, 6.07) is 8.15. The van der Waals surface area contributed by atoms with Crippen LogP contribution in [-0.4, -0.2) is 43.8 Å². The standard InChI is InChI=1S/C22H36B2O5/c1-15(16-11-13-17(25-10)14-12-16)18(23-26-19(2,3)20(4,5)27-23)24-28-21(6,7)22(8,9)29-24/h11-15,18H,1-10H3. The fourth-order valence-corrected chi connectivity index (χ4v) is 3.82. The minimum Gasteiger partial charge on any atom is -0.497 e. The largest absolute Gasteiger partial charge is 0.497 e. The van der Waals surface area contributed by atoms with E-state index in [-0.39, 0.29) is 11.6 Å². The molecule has 0 N–H and O–H groups in total. The average Bonchev–Trinajstić information content (AvgIpc) is 2.94. The van der Waals surface area contributed by atoms with Crippen LogP contribution in [0.15, 0.2) is 24.3 Å². The van der Waals surface area contributed by atoms with Crippen LogP contribution in [0.3, 0.4) is 0 Å². The van der Waals surface area contributed by atoms with E-state index in [0.717, 1.165) is 5.75 Å².